The maximum absolute atomic E-state index is 12.5. The van der Waals surface area contributed by atoms with E-state index in [2.05, 4.69) is 0 Å². The Morgan fingerprint density at radius 3 is 2.00 bits per heavy atom. The van der Waals surface area contributed by atoms with Gasteiger partial charge in [-0.05, 0) is 23.2 Å². The second kappa shape index (κ2) is 5.66. The maximum atomic E-state index is 12.5. The number of hydrogen-bond donors (Lipinski definition) is 0. The molecule has 0 radical (unpaired) electrons. The van der Waals surface area contributed by atoms with Gasteiger partial charge in [0.1, 0.15) is 5.82 Å². The first kappa shape index (κ1) is 13.8. The fourth-order valence-corrected chi connectivity index (χ4v) is 1.96. The van der Waals surface area contributed by atoms with Gasteiger partial charge in [-0.2, -0.15) is 0 Å². The Bertz CT molecular complexity index is 324. The molecule has 0 bridgehead atoms. The summed E-state index contributed by atoms with van der Waals surface area (Å²) in [7, 11) is 0. The molecule has 1 aromatic carbocycles. The summed E-state index contributed by atoms with van der Waals surface area (Å²) >= 11 is 8.28. The van der Waals surface area contributed by atoms with Crippen molar-refractivity contribution in [3.05, 3.63) is 28.0 Å². The predicted octanol–water partition coefficient (Wildman–Crippen LogP) is -0.625. The van der Waals surface area contributed by atoms with Crippen LogP contribution in [0.25, 0.3) is 0 Å². The number of rotatable bonds is 1. The molecule has 0 aliphatic carbocycles. The molecule has 1 atom stereocenters. The van der Waals surface area contributed by atoms with Gasteiger partial charge in [-0.25, -0.2) is 4.39 Å². The van der Waals surface area contributed by atoms with Gasteiger partial charge in [0.25, 0.3) is 0 Å². The van der Waals surface area contributed by atoms with Crippen molar-refractivity contribution in [1.82, 2.24) is 0 Å². The Labute approximate surface area is 109 Å². The summed E-state index contributed by atoms with van der Waals surface area (Å²) in [6.45, 7) is 0. The number of halogens is 3. The minimum Gasteiger partial charge on any atom is -0.768 e. The number of benzene rings is 1. The van der Waals surface area contributed by atoms with E-state index in [0.717, 1.165) is 12.1 Å². The van der Waals surface area contributed by atoms with E-state index >= 15 is 0 Å². The van der Waals surface area contributed by atoms with Crippen molar-refractivity contribution in [3.63, 3.8) is 0 Å². The molecule has 66 valence electrons. The zero-order chi connectivity index (χ0) is 9.30. The molecule has 1 aromatic rings. The van der Waals surface area contributed by atoms with Crippen LogP contribution in [-0.2, 0) is 11.1 Å². The molecule has 0 aliphatic rings. The van der Waals surface area contributed by atoms with Gasteiger partial charge in [-0.3, -0.25) is 4.21 Å². The molecule has 13 heavy (non-hydrogen) atoms. The maximum Gasteiger partial charge on any atom is 1.00 e. The van der Waals surface area contributed by atoms with Crippen molar-refractivity contribution in [2.75, 3.05) is 0 Å². The third-order valence-electron chi connectivity index (χ3n) is 1.13. The Hall–Kier alpha value is 0.840. The zero-order valence-electron chi connectivity index (χ0n) is 6.51. The van der Waals surface area contributed by atoms with Crippen molar-refractivity contribution in [2.45, 2.75) is 4.90 Å². The summed E-state index contributed by atoms with van der Waals surface area (Å²) in [6, 6.07) is 1.77. The molecule has 0 spiro atoms. The predicted molar refractivity (Wildman–Crippen MR) is 43.6 cm³/mol. The Kier molecular flexibility index (Phi) is 6.02. The Morgan fingerprint density at radius 2 is 1.69 bits per heavy atom. The van der Waals surface area contributed by atoms with Gasteiger partial charge in [0.15, 0.2) is 0 Å². The SMILES string of the molecule is O=S([O-])c1c(Cl)cc(F)cc1Cl.[Na+]. The van der Waals surface area contributed by atoms with Gasteiger partial charge in [-0.1, -0.05) is 23.2 Å². The molecule has 0 aliphatic heterocycles. The molecular weight excluding hydrogens is 249 g/mol. The van der Waals surface area contributed by atoms with E-state index in [1.807, 2.05) is 0 Å². The molecule has 1 rings (SSSR count). The summed E-state index contributed by atoms with van der Waals surface area (Å²) in [5, 5.41) is -0.429. The summed E-state index contributed by atoms with van der Waals surface area (Å²) in [5.41, 5.74) is 0. The normalized spacial score (nSPS) is 12.0. The van der Waals surface area contributed by atoms with Crippen LogP contribution in [0.3, 0.4) is 0 Å². The fraction of sp³-hybridized carbons (Fsp3) is 0. The van der Waals surface area contributed by atoms with Gasteiger partial charge < -0.3 is 4.55 Å². The fourth-order valence-electron chi connectivity index (χ4n) is 0.688. The van der Waals surface area contributed by atoms with Gasteiger partial charge >= 0.3 is 29.6 Å². The average Bonchev–Trinajstić information content (AvgIpc) is 1.82. The Morgan fingerprint density at radius 1 is 1.31 bits per heavy atom. The first-order valence-corrected chi connectivity index (χ1v) is 4.59. The van der Waals surface area contributed by atoms with Gasteiger partial charge in [0.2, 0.25) is 0 Å². The van der Waals surface area contributed by atoms with Crippen LogP contribution in [0.4, 0.5) is 4.39 Å². The van der Waals surface area contributed by atoms with Crippen molar-refractivity contribution < 1.29 is 42.7 Å². The minimum absolute atomic E-state index is 0. The largest absolute Gasteiger partial charge is 1.00 e. The van der Waals surface area contributed by atoms with Crippen LogP contribution in [0.15, 0.2) is 17.0 Å². The molecule has 0 saturated carbocycles. The van der Waals surface area contributed by atoms with Crippen LogP contribution in [0, 0.1) is 5.82 Å². The van der Waals surface area contributed by atoms with E-state index in [0.29, 0.717) is 0 Å². The molecule has 2 nitrogen and oxygen atoms in total. The zero-order valence-corrected chi connectivity index (χ0v) is 10.8. The molecule has 7 heteroatoms. The molecule has 0 fully saturated rings. The third-order valence-corrected chi connectivity index (χ3v) is 2.72. The van der Waals surface area contributed by atoms with E-state index in [9.17, 15) is 13.2 Å². The van der Waals surface area contributed by atoms with Crippen molar-refractivity contribution in [3.8, 4) is 0 Å². The molecule has 0 N–H and O–H groups in total. The third kappa shape index (κ3) is 3.47. The molecule has 0 aromatic heterocycles. The van der Waals surface area contributed by atoms with Crippen LogP contribution in [0.2, 0.25) is 10.0 Å². The van der Waals surface area contributed by atoms with Crippen LogP contribution in [0.5, 0.6) is 0 Å². The first-order valence-electron chi connectivity index (χ1n) is 2.76. The van der Waals surface area contributed by atoms with Crippen LogP contribution < -0.4 is 29.6 Å². The topological polar surface area (TPSA) is 40.1 Å². The summed E-state index contributed by atoms with van der Waals surface area (Å²) in [6.07, 6.45) is 0. The van der Waals surface area contributed by atoms with Crippen molar-refractivity contribution in [1.29, 1.82) is 0 Å². The van der Waals surface area contributed by atoms with E-state index in [-0.39, 0.29) is 44.5 Å². The molecule has 0 heterocycles. The molecular formula is C6H2Cl2FNaO2S. The quantitative estimate of drug-likeness (QED) is 0.492. The second-order valence-electron chi connectivity index (χ2n) is 1.93. The van der Waals surface area contributed by atoms with Crippen LogP contribution in [0.1, 0.15) is 0 Å². The van der Waals surface area contributed by atoms with E-state index < -0.39 is 16.9 Å². The van der Waals surface area contributed by atoms with Crippen molar-refractivity contribution >= 4 is 34.3 Å². The van der Waals surface area contributed by atoms with Crippen molar-refractivity contribution in [2.24, 2.45) is 0 Å². The number of hydrogen-bond acceptors (Lipinski definition) is 2. The van der Waals surface area contributed by atoms with Gasteiger partial charge in [-0.15, -0.1) is 0 Å². The minimum atomic E-state index is -2.54. The summed E-state index contributed by atoms with van der Waals surface area (Å²) in [4.78, 5) is -0.278. The van der Waals surface area contributed by atoms with Gasteiger partial charge in [0, 0.05) is 0 Å². The standard InChI is InChI=1S/C6H3Cl2FO2S.Na/c7-4-1-3(9)2-5(8)6(4)12(10)11;/h1-2H,(H,10,11);/q;+1/p-1. The molecule has 1 unspecified atom stereocenters. The summed E-state index contributed by atoms with van der Waals surface area (Å²) in [5.74, 6) is -0.667. The van der Waals surface area contributed by atoms with Gasteiger partial charge in [0.05, 0.1) is 14.9 Å². The smallest absolute Gasteiger partial charge is 0.768 e. The monoisotopic (exact) mass is 250 g/mol. The first-order chi connectivity index (χ1) is 5.52. The second-order valence-corrected chi connectivity index (χ2v) is 3.63. The Balaban J connectivity index is 0.00000144. The van der Waals surface area contributed by atoms with E-state index in [1.54, 1.807) is 0 Å². The van der Waals surface area contributed by atoms with E-state index in [4.69, 9.17) is 23.2 Å². The average molecular weight is 251 g/mol. The van der Waals surface area contributed by atoms with Crippen LogP contribution >= 0.6 is 23.2 Å². The molecule has 0 saturated heterocycles. The van der Waals surface area contributed by atoms with Crippen LogP contribution in [-0.4, -0.2) is 8.76 Å². The molecule has 0 amide bonds. The van der Waals surface area contributed by atoms with E-state index in [1.165, 1.54) is 0 Å². The summed E-state index contributed by atoms with van der Waals surface area (Å²) < 4.78 is 33.4.